The van der Waals surface area contributed by atoms with E-state index < -0.39 is 4.92 Å². The Hall–Kier alpha value is -2.56. The fourth-order valence-electron chi connectivity index (χ4n) is 2.51. The average molecular weight is 331 g/mol. The van der Waals surface area contributed by atoms with Crippen molar-refractivity contribution in [2.75, 3.05) is 0 Å². The maximum Gasteiger partial charge on any atom is 0.269 e. The highest BCUT2D eigenvalue weighted by atomic mass is 16.6. The van der Waals surface area contributed by atoms with Crippen LogP contribution in [-0.4, -0.2) is 10.0 Å². The largest absolute Gasteiger partial charge is 0.508 e. The third kappa shape index (κ3) is 4.47. The van der Waals surface area contributed by atoms with Crippen LogP contribution in [0.25, 0.3) is 0 Å². The molecule has 0 aromatic heterocycles. The summed E-state index contributed by atoms with van der Waals surface area (Å²) in [6.07, 6.45) is 2.74. The number of nitro benzene ring substituents is 1. The summed E-state index contributed by atoms with van der Waals surface area (Å²) in [4.78, 5) is 10.2. The number of phenols is 1. The van der Waals surface area contributed by atoms with Gasteiger partial charge in [-0.3, -0.25) is 10.1 Å². The van der Waals surface area contributed by atoms with Gasteiger partial charge in [-0.2, -0.15) is 0 Å². The van der Waals surface area contributed by atoms with E-state index in [1.165, 1.54) is 12.1 Å². The van der Waals surface area contributed by atoms with Crippen LogP contribution in [0.1, 0.15) is 45.2 Å². The van der Waals surface area contributed by atoms with Gasteiger partial charge in [0.2, 0.25) is 0 Å². The topological polar surface area (TPSA) is 72.6 Å². The van der Waals surface area contributed by atoms with Gasteiger partial charge in [0, 0.05) is 23.3 Å². The number of nitro groups is 1. The number of phenolic OH excluding ortho intramolecular Hbond substituents is 1. The van der Waals surface area contributed by atoms with Gasteiger partial charge < -0.3 is 9.84 Å². The lowest BCUT2D eigenvalue weighted by Crippen LogP contribution is -1.92. The molecule has 0 fully saturated rings. The first-order chi connectivity index (χ1) is 11.6. The number of ether oxygens (including phenoxy) is 1. The minimum absolute atomic E-state index is 0.0354. The van der Waals surface area contributed by atoms with Gasteiger partial charge >= 0.3 is 0 Å². The monoisotopic (exact) mass is 331 g/mol. The first kappa shape index (κ1) is 19.5. The molecule has 0 radical (unpaired) electrons. The van der Waals surface area contributed by atoms with Gasteiger partial charge in [0.1, 0.15) is 17.2 Å². The second kappa shape index (κ2) is 9.55. The van der Waals surface area contributed by atoms with Crippen molar-refractivity contribution in [3.63, 3.8) is 0 Å². The summed E-state index contributed by atoms with van der Waals surface area (Å²) in [5.41, 5.74) is 2.01. The second-order valence-electron chi connectivity index (χ2n) is 4.75. The summed E-state index contributed by atoms with van der Waals surface area (Å²) < 4.78 is 5.78. The number of non-ortho nitro benzene ring substituents is 1. The zero-order valence-corrected chi connectivity index (χ0v) is 14.7. The minimum Gasteiger partial charge on any atom is -0.508 e. The molecule has 0 atom stereocenters. The van der Waals surface area contributed by atoms with E-state index in [0.29, 0.717) is 17.2 Å². The maximum absolute atomic E-state index is 10.6. The van der Waals surface area contributed by atoms with Gasteiger partial charge in [0.25, 0.3) is 5.69 Å². The van der Waals surface area contributed by atoms with Crippen LogP contribution >= 0.6 is 0 Å². The number of hydrogen-bond donors (Lipinski definition) is 1. The summed E-state index contributed by atoms with van der Waals surface area (Å²) >= 11 is 0. The zero-order chi connectivity index (χ0) is 18.1. The molecule has 1 N–H and O–H groups in total. The highest BCUT2D eigenvalue weighted by Gasteiger charge is 2.19. The Bertz CT molecular complexity index is 666. The summed E-state index contributed by atoms with van der Waals surface area (Å²) in [5.74, 6) is 1.58. The predicted molar refractivity (Wildman–Crippen MR) is 96.0 cm³/mol. The number of nitrogens with zero attached hydrogens (tertiary/aromatic N) is 1. The van der Waals surface area contributed by atoms with Crippen LogP contribution in [0.15, 0.2) is 36.4 Å². The van der Waals surface area contributed by atoms with Crippen LogP contribution in [0.3, 0.4) is 0 Å². The SMILES string of the molecule is CC.CC.O=[N+]([O-])c1ccc(Oc2ccc(O)c3c2CCC3)cc1. The Morgan fingerprint density at radius 1 is 0.958 bits per heavy atom. The summed E-state index contributed by atoms with van der Waals surface area (Å²) in [5, 5.41) is 20.4. The van der Waals surface area contributed by atoms with Crippen LogP contribution in [-0.2, 0) is 12.8 Å². The molecule has 0 saturated carbocycles. The zero-order valence-electron chi connectivity index (χ0n) is 14.7. The van der Waals surface area contributed by atoms with Crippen molar-refractivity contribution < 1.29 is 14.8 Å². The standard InChI is InChI=1S/C15H13NO4.2C2H6/c17-14-8-9-15(13-3-1-2-12(13)14)20-11-6-4-10(5-7-11)16(18)19;2*1-2/h4-9,17H,1-3H2;2*1-2H3. The Morgan fingerprint density at radius 2 is 1.54 bits per heavy atom. The molecule has 0 aliphatic heterocycles. The molecule has 1 aliphatic carbocycles. The minimum atomic E-state index is -0.442. The fraction of sp³-hybridized carbons (Fsp3) is 0.368. The van der Waals surface area contributed by atoms with Crippen LogP contribution < -0.4 is 4.74 Å². The molecule has 2 aromatic rings. The van der Waals surface area contributed by atoms with E-state index in [1.54, 1.807) is 24.3 Å². The molecule has 0 amide bonds. The molecule has 3 rings (SSSR count). The smallest absolute Gasteiger partial charge is 0.269 e. The summed E-state index contributed by atoms with van der Waals surface area (Å²) in [6, 6.07) is 9.34. The number of hydrogen-bond acceptors (Lipinski definition) is 4. The third-order valence-corrected chi connectivity index (χ3v) is 3.49. The lowest BCUT2D eigenvalue weighted by atomic mass is 10.1. The normalized spacial score (nSPS) is 11.3. The van der Waals surface area contributed by atoms with E-state index in [4.69, 9.17) is 4.74 Å². The van der Waals surface area contributed by atoms with Crippen LogP contribution in [0, 0.1) is 10.1 Å². The van der Waals surface area contributed by atoms with Crippen molar-refractivity contribution in [3.8, 4) is 17.2 Å². The molecular formula is C19H25NO4. The Balaban J connectivity index is 0.000000671. The van der Waals surface area contributed by atoms with E-state index in [-0.39, 0.29) is 5.69 Å². The van der Waals surface area contributed by atoms with Crippen LogP contribution in [0.2, 0.25) is 0 Å². The summed E-state index contributed by atoms with van der Waals surface area (Å²) in [7, 11) is 0. The number of aromatic hydroxyl groups is 1. The summed E-state index contributed by atoms with van der Waals surface area (Å²) in [6.45, 7) is 8.00. The van der Waals surface area contributed by atoms with Crippen molar-refractivity contribution in [2.45, 2.75) is 47.0 Å². The lowest BCUT2D eigenvalue weighted by Gasteiger charge is -2.11. The van der Waals surface area contributed by atoms with Gasteiger partial charge in [-0.25, -0.2) is 0 Å². The number of fused-ring (bicyclic) bond motifs is 1. The highest BCUT2D eigenvalue weighted by molar-refractivity contribution is 5.52. The van der Waals surface area contributed by atoms with Gasteiger partial charge in [0.05, 0.1) is 4.92 Å². The van der Waals surface area contributed by atoms with E-state index in [2.05, 4.69) is 0 Å². The van der Waals surface area contributed by atoms with E-state index >= 15 is 0 Å². The van der Waals surface area contributed by atoms with Crippen molar-refractivity contribution >= 4 is 5.69 Å². The first-order valence-corrected chi connectivity index (χ1v) is 8.41. The van der Waals surface area contributed by atoms with Crippen molar-refractivity contribution in [3.05, 3.63) is 57.6 Å². The van der Waals surface area contributed by atoms with E-state index in [1.807, 2.05) is 27.7 Å². The fourth-order valence-corrected chi connectivity index (χ4v) is 2.51. The van der Waals surface area contributed by atoms with E-state index in [9.17, 15) is 15.2 Å². The average Bonchev–Trinajstić information content (AvgIpc) is 3.12. The number of benzene rings is 2. The van der Waals surface area contributed by atoms with Gasteiger partial charge in [0.15, 0.2) is 0 Å². The van der Waals surface area contributed by atoms with Crippen LogP contribution in [0.5, 0.6) is 17.2 Å². The molecule has 0 spiro atoms. The Morgan fingerprint density at radius 3 is 2.12 bits per heavy atom. The molecule has 2 aromatic carbocycles. The van der Waals surface area contributed by atoms with Crippen molar-refractivity contribution in [2.24, 2.45) is 0 Å². The Labute approximate surface area is 143 Å². The van der Waals surface area contributed by atoms with Gasteiger partial charge in [-0.1, -0.05) is 27.7 Å². The lowest BCUT2D eigenvalue weighted by molar-refractivity contribution is -0.384. The van der Waals surface area contributed by atoms with Crippen molar-refractivity contribution in [1.29, 1.82) is 0 Å². The molecule has 1 aliphatic rings. The maximum atomic E-state index is 10.6. The molecule has 0 unspecified atom stereocenters. The molecule has 24 heavy (non-hydrogen) atoms. The molecule has 5 heteroatoms. The van der Waals surface area contributed by atoms with E-state index in [0.717, 1.165) is 30.4 Å². The Kier molecular flexibility index (Phi) is 7.75. The van der Waals surface area contributed by atoms with Crippen LogP contribution in [0.4, 0.5) is 5.69 Å². The third-order valence-electron chi connectivity index (χ3n) is 3.49. The molecule has 0 bridgehead atoms. The predicted octanol–water partition coefficient (Wildman–Crippen LogP) is 5.63. The molecule has 130 valence electrons. The number of rotatable bonds is 3. The second-order valence-corrected chi connectivity index (χ2v) is 4.75. The van der Waals surface area contributed by atoms with Gasteiger partial charge in [-0.05, 0) is 43.5 Å². The molecule has 0 heterocycles. The van der Waals surface area contributed by atoms with Gasteiger partial charge in [-0.15, -0.1) is 0 Å². The molecule has 0 saturated heterocycles. The highest BCUT2D eigenvalue weighted by Crippen LogP contribution is 2.38. The molecular weight excluding hydrogens is 306 g/mol. The van der Waals surface area contributed by atoms with Crippen molar-refractivity contribution in [1.82, 2.24) is 0 Å². The molecule has 5 nitrogen and oxygen atoms in total. The quantitative estimate of drug-likeness (QED) is 0.584. The first-order valence-electron chi connectivity index (χ1n) is 8.41.